The molecule has 1 aliphatic rings. The van der Waals surface area contributed by atoms with Crippen LogP contribution in [0.1, 0.15) is 56.3 Å². The second-order valence-corrected chi connectivity index (χ2v) is 6.25. The normalized spacial score (nSPS) is 16.2. The zero-order chi connectivity index (χ0) is 17.4. The van der Waals surface area contributed by atoms with E-state index in [1.54, 1.807) is 38.1 Å². The topological polar surface area (TPSA) is 64.6 Å². The van der Waals surface area contributed by atoms with Crippen LogP contribution in [0.5, 0.6) is 5.75 Å². The van der Waals surface area contributed by atoms with E-state index in [4.69, 9.17) is 9.47 Å². The first kappa shape index (κ1) is 18.3. The van der Waals surface area contributed by atoms with Gasteiger partial charge in [0.15, 0.2) is 6.10 Å². The second kappa shape index (κ2) is 9.30. The summed E-state index contributed by atoms with van der Waals surface area (Å²) in [5.41, 5.74) is 0.471. The predicted molar refractivity (Wildman–Crippen MR) is 92.1 cm³/mol. The number of rotatable bonds is 7. The second-order valence-electron chi connectivity index (χ2n) is 6.25. The molecule has 0 bridgehead atoms. The van der Waals surface area contributed by atoms with Crippen molar-refractivity contribution in [3.63, 3.8) is 0 Å². The van der Waals surface area contributed by atoms with Crippen LogP contribution in [0.2, 0.25) is 0 Å². The highest BCUT2D eigenvalue weighted by Crippen LogP contribution is 2.22. The molecule has 0 radical (unpaired) electrons. The zero-order valence-electron chi connectivity index (χ0n) is 14.5. The van der Waals surface area contributed by atoms with Crippen molar-refractivity contribution >= 4 is 11.9 Å². The van der Waals surface area contributed by atoms with Gasteiger partial charge in [0.1, 0.15) is 5.75 Å². The lowest BCUT2D eigenvalue weighted by atomic mass is 9.89. The summed E-state index contributed by atoms with van der Waals surface area (Å²) in [6.45, 7) is 4.57. The van der Waals surface area contributed by atoms with Crippen LogP contribution in [0, 0.1) is 5.92 Å². The van der Waals surface area contributed by atoms with E-state index in [1.807, 2.05) is 0 Å². The van der Waals surface area contributed by atoms with Crippen molar-refractivity contribution in [1.82, 2.24) is 5.32 Å². The highest BCUT2D eigenvalue weighted by Gasteiger charge is 2.18. The van der Waals surface area contributed by atoms with Gasteiger partial charge in [0.2, 0.25) is 0 Å². The smallest absolute Gasteiger partial charge is 0.338 e. The number of hydrogen-bond acceptors (Lipinski definition) is 4. The van der Waals surface area contributed by atoms with Crippen LogP contribution in [0.15, 0.2) is 24.3 Å². The minimum absolute atomic E-state index is 0.102. The molecular formula is C19H27NO4. The Labute approximate surface area is 143 Å². The third-order valence-electron chi connectivity index (χ3n) is 4.34. The third kappa shape index (κ3) is 5.55. The number of amides is 1. The minimum Gasteiger partial charge on any atom is -0.481 e. The molecule has 0 heterocycles. The standard InChI is InChI=1S/C19H27NO4/c1-3-23-19(22)16-9-11-17(12-10-16)24-14(2)18(21)20-13-15-7-5-4-6-8-15/h9-12,14-15H,3-8,13H2,1-2H3,(H,20,21)/t14-/m0/s1. The summed E-state index contributed by atoms with van der Waals surface area (Å²) >= 11 is 0. The maximum atomic E-state index is 12.1. The molecule has 1 fully saturated rings. The lowest BCUT2D eigenvalue weighted by Gasteiger charge is -2.23. The highest BCUT2D eigenvalue weighted by atomic mass is 16.5. The quantitative estimate of drug-likeness (QED) is 0.777. The van der Waals surface area contributed by atoms with Gasteiger partial charge in [-0.1, -0.05) is 19.3 Å². The number of ether oxygens (including phenoxy) is 2. The Morgan fingerprint density at radius 2 is 1.83 bits per heavy atom. The first-order valence-electron chi connectivity index (χ1n) is 8.81. The Hall–Kier alpha value is -2.04. The molecule has 1 amide bonds. The summed E-state index contributed by atoms with van der Waals surface area (Å²) in [6, 6.07) is 6.63. The van der Waals surface area contributed by atoms with Gasteiger partial charge in [-0.25, -0.2) is 4.79 Å². The summed E-state index contributed by atoms with van der Waals surface area (Å²) in [6.07, 6.45) is 5.67. The monoisotopic (exact) mass is 333 g/mol. The molecule has 0 aromatic heterocycles. The van der Waals surface area contributed by atoms with Crippen molar-refractivity contribution in [1.29, 1.82) is 0 Å². The Morgan fingerprint density at radius 1 is 1.17 bits per heavy atom. The van der Waals surface area contributed by atoms with Crippen molar-refractivity contribution in [2.24, 2.45) is 5.92 Å². The van der Waals surface area contributed by atoms with E-state index < -0.39 is 6.10 Å². The fourth-order valence-electron chi connectivity index (χ4n) is 2.92. The lowest BCUT2D eigenvalue weighted by molar-refractivity contribution is -0.127. The average molecular weight is 333 g/mol. The Bertz CT molecular complexity index is 535. The molecule has 2 rings (SSSR count). The summed E-state index contributed by atoms with van der Waals surface area (Å²) in [5.74, 6) is 0.694. The fourth-order valence-corrected chi connectivity index (χ4v) is 2.92. The molecule has 1 aliphatic carbocycles. The van der Waals surface area contributed by atoms with E-state index in [2.05, 4.69) is 5.32 Å². The van der Waals surface area contributed by atoms with E-state index >= 15 is 0 Å². The van der Waals surface area contributed by atoms with Crippen molar-refractivity contribution in [3.8, 4) is 5.75 Å². The maximum absolute atomic E-state index is 12.1. The van der Waals surface area contributed by atoms with Gasteiger partial charge in [-0.3, -0.25) is 4.79 Å². The van der Waals surface area contributed by atoms with Gasteiger partial charge in [0.25, 0.3) is 5.91 Å². The van der Waals surface area contributed by atoms with Crippen LogP contribution < -0.4 is 10.1 Å². The number of benzene rings is 1. The molecule has 5 heteroatoms. The van der Waals surface area contributed by atoms with E-state index in [0.717, 1.165) is 6.54 Å². The molecule has 1 aromatic carbocycles. The molecule has 0 aliphatic heterocycles. The molecular weight excluding hydrogens is 306 g/mol. The Balaban J connectivity index is 1.79. The van der Waals surface area contributed by atoms with Crippen LogP contribution in [0.4, 0.5) is 0 Å². The van der Waals surface area contributed by atoms with Gasteiger partial charge in [-0.05, 0) is 56.9 Å². The Morgan fingerprint density at radius 3 is 2.46 bits per heavy atom. The molecule has 0 saturated heterocycles. The van der Waals surface area contributed by atoms with Crippen molar-refractivity contribution in [3.05, 3.63) is 29.8 Å². The lowest BCUT2D eigenvalue weighted by Crippen LogP contribution is -2.39. The van der Waals surface area contributed by atoms with Crippen molar-refractivity contribution in [2.45, 2.75) is 52.1 Å². The van der Waals surface area contributed by atoms with Crippen molar-refractivity contribution in [2.75, 3.05) is 13.2 Å². The molecule has 132 valence electrons. The summed E-state index contributed by atoms with van der Waals surface area (Å²) in [4.78, 5) is 23.7. The largest absolute Gasteiger partial charge is 0.481 e. The van der Waals surface area contributed by atoms with Gasteiger partial charge in [-0.2, -0.15) is 0 Å². The van der Waals surface area contributed by atoms with Crippen LogP contribution in [0.25, 0.3) is 0 Å². The average Bonchev–Trinajstić information content (AvgIpc) is 2.61. The number of nitrogens with one attached hydrogen (secondary N) is 1. The maximum Gasteiger partial charge on any atom is 0.338 e. The zero-order valence-corrected chi connectivity index (χ0v) is 14.5. The first-order valence-corrected chi connectivity index (χ1v) is 8.81. The number of hydrogen-bond donors (Lipinski definition) is 1. The van der Waals surface area contributed by atoms with Crippen molar-refractivity contribution < 1.29 is 19.1 Å². The number of carbonyl (C=O) groups is 2. The van der Waals surface area contributed by atoms with E-state index in [1.165, 1.54) is 32.1 Å². The first-order chi connectivity index (χ1) is 11.6. The highest BCUT2D eigenvalue weighted by molar-refractivity contribution is 5.89. The van der Waals surface area contributed by atoms with Gasteiger partial charge in [0.05, 0.1) is 12.2 Å². The number of carbonyl (C=O) groups excluding carboxylic acids is 2. The van der Waals surface area contributed by atoms with Gasteiger partial charge < -0.3 is 14.8 Å². The third-order valence-corrected chi connectivity index (χ3v) is 4.34. The van der Waals surface area contributed by atoms with Gasteiger partial charge >= 0.3 is 5.97 Å². The molecule has 0 spiro atoms. The van der Waals surface area contributed by atoms with Crippen LogP contribution in [-0.4, -0.2) is 31.1 Å². The van der Waals surface area contributed by atoms with Gasteiger partial charge in [0, 0.05) is 6.54 Å². The van der Waals surface area contributed by atoms with Crippen LogP contribution in [-0.2, 0) is 9.53 Å². The molecule has 0 unspecified atom stereocenters. The summed E-state index contributed by atoms with van der Waals surface area (Å²) in [7, 11) is 0. The molecule has 1 aromatic rings. The fraction of sp³-hybridized carbons (Fsp3) is 0.579. The summed E-state index contributed by atoms with van der Waals surface area (Å²) < 4.78 is 10.6. The molecule has 1 atom stereocenters. The van der Waals surface area contributed by atoms with Crippen LogP contribution in [0.3, 0.4) is 0 Å². The van der Waals surface area contributed by atoms with E-state index in [9.17, 15) is 9.59 Å². The molecule has 1 saturated carbocycles. The van der Waals surface area contributed by atoms with E-state index in [0.29, 0.717) is 23.8 Å². The minimum atomic E-state index is -0.568. The summed E-state index contributed by atoms with van der Waals surface area (Å²) in [5, 5.41) is 2.98. The molecule has 24 heavy (non-hydrogen) atoms. The number of esters is 1. The molecule has 5 nitrogen and oxygen atoms in total. The van der Waals surface area contributed by atoms with Crippen LogP contribution >= 0.6 is 0 Å². The van der Waals surface area contributed by atoms with Gasteiger partial charge in [-0.15, -0.1) is 0 Å². The predicted octanol–water partition coefficient (Wildman–Crippen LogP) is 3.33. The Kier molecular flexibility index (Phi) is 7.09. The van der Waals surface area contributed by atoms with E-state index in [-0.39, 0.29) is 11.9 Å². The molecule has 1 N–H and O–H groups in total. The SMILES string of the molecule is CCOC(=O)c1ccc(O[C@@H](C)C(=O)NCC2CCCCC2)cc1.